The van der Waals surface area contributed by atoms with Crippen LogP contribution in [0.3, 0.4) is 0 Å². The van der Waals surface area contributed by atoms with Crippen LogP contribution < -0.4 is 19.1 Å². The summed E-state index contributed by atoms with van der Waals surface area (Å²) in [5, 5.41) is 2.31. The minimum Gasteiger partial charge on any atom is -0.493 e. The lowest BCUT2D eigenvalue weighted by Crippen LogP contribution is -2.53. The Morgan fingerprint density at radius 3 is 1.94 bits per heavy atom. The number of hydrogen-bond donors (Lipinski definition) is 0. The average molecular weight is 440 g/mol. The molecular formula is C28H25NO4. The molecular weight excluding hydrogens is 414 g/mol. The highest BCUT2D eigenvalue weighted by atomic mass is 16.5. The maximum atomic E-state index is 13.6. The lowest BCUT2D eigenvalue weighted by atomic mass is 9.77. The Kier molecular flexibility index (Phi) is 5.38. The van der Waals surface area contributed by atoms with Crippen molar-refractivity contribution in [1.82, 2.24) is 0 Å². The van der Waals surface area contributed by atoms with Crippen molar-refractivity contribution in [2.45, 2.75) is 12.0 Å². The molecule has 4 aromatic rings. The largest absolute Gasteiger partial charge is 0.493 e. The third-order valence-corrected chi connectivity index (χ3v) is 6.30. The van der Waals surface area contributed by atoms with Crippen LogP contribution in [0.25, 0.3) is 10.8 Å². The molecule has 0 bridgehead atoms. The number of hydrogen-bond acceptors (Lipinski definition) is 4. The Morgan fingerprint density at radius 2 is 1.30 bits per heavy atom. The standard InChI is InChI=1S/C28H25NO4/c1-31-23-16-22(17-24(32-2)27(23)33-3)29-26(25(28(29)30)19-10-5-4-6-11-19)21-14-13-18-9-7-8-12-20(18)15-21/h4-17,25-26H,1-3H3/t25-,26-/m1/s1. The fourth-order valence-electron chi connectivity index (χ4n) is 4.70. The number of amides is 1. The molecule has 0 spiro atoms. The second kappa shape index (κ2) is 8.51. The SMILES string of the molecule is COc1cc(N2C(=O)[C@H](c3ccccc3)[C@H]2c2ccc3ccccc3c2)cc(OC)c1OC. The maximum Gasteiger partial charge on any atom is 0.237 e. The van der Waals surface area contributed by atoms with E-state index in [-0.39, 0.29) is 17.9 Å². The van der Waals surface area contributed by atoms with Crippen LogP contribution in [0.4, 0.5) is 5.69 Å². The molecule has 5 rings (SSSR count). The predicted octanol–water partition coefficient (Wildman–Crippen LogP) is 5.74. The van der Waals surface area contributed by atoms with Crippen LogP contribution in [0, 0.1) is 0 Å². The minimum absolute atomic E-state index is 0.0358. The van der Waals surface area contributed by atoms with Crippen LogP contribution in [0.2, 0.25) is 0 Å². The fourth-order valence-corrected chi connectivity index (χ4v) is 4.70. The van der Waals surface area contributed by atoms with Gasteiger partial charge in [0.2, 0.25) is 11.7 Å². The molecule has 1 amide bonds. The third kappa shape index (κ3) is 3.46. The van der Waals surface area contributed by atoms with Crippen molar-refractivity contribution in [2.75, 3.05) is 26.2 Å². The molecule has 0 unspecified atom stereocenters. The minimum atomic E-state index is -0.272. The monoisotopic (exact) mass is 439 g/mol. The fraction of sp³-hybridized carbons (Fsp3) is 0.179. The van der Waals surface area contributed by atoms with E-state index in [0.717, 1.165) is 16.5 Å². The van der Waals surface area contributed by atoms with E-state index in [9.17, 15) is 4.79 Å². The van der Waals surface area contributed by atoms with Gasteiger partial charge in [0.1, 0.15) is 0 Å². The number of ether oxygens (including phenoxy) is 3. The Hall–Kier alpha value is -3.99. The van der Waals surface area contributed by atoms with Gasteiger partial charge in [-0.25, -0.2) is 0 Å². The summed E-state index contributed by atoms with van der Waals surface area (Å²) in [7, 11) is 4.72. The molecule has 4 aromatic carbocycles. The van der Waals surface area contributed by atoms with Crippen LogP contribution in [0.1, 0.15) is 23.1 Å². The number of nitrogens with zero attached hydrogens (tertiary/aromatic N) is 1. The lowest BCUT2D eigenvalue weighted by Gasteiger charge is -2.48. The Labute approximate surface area is 193 Å². The smallest absolute Gasteiger partial charge is 0.237 e. The summed E-state index contributed by atoms with van der Waals surface area (Å²) in [6, 6.07) is 28.1. The number of carbonyl (C=O) groups excluding carboxylic acids is 1. The van der Waals surface area contributed by atoms with E-state index in [4.69, 9.17) is 14.2 Å². The van der Waals surface area contributed by atoms with Gasteiger partial charge in [-0.2, -0.15) is 0 Å². The van der Waals surface area contributed by atoms with Gasteiger partial charge in [-0.1, -0.05) is 66.7 Å². The van der Waals surface area contributed by atoms with Crippen molar-refractivity contribution in [2.24, 2.45) is 0 Å². The molecule has 33 heavy (non-hydrogen) atoms. The number of rotatable bonds is 6. The molecule has 0 radical (unpaired) electrons. The van der Waals surface area contributed by atoms with Crippen molar-refractivity contribution < 1.29 is 19.0 Å². The summed E-state index contributed by atoms with van der Waals surface area (Å²) in [6.07, 6.45) is 0. The van der Waals surface area contributed by atoms with Gasteiger partial charge in [-0.05, 0) is 28.0 Å². The molecule has 1 aliphatic rings. The molecule has 0 saturated carbocycles. The second-order valence-corrected chi connectivity index (χ2v) is 8.03. The number of carbonyl (C=O) groups is 1. The summed E-state index contributed by atoms with van der Waals surface area (Å²) >= 11 is 0. The molecule has 1 fully saturated rings. The van der Waals surface area contributed by atoms with E-state index >= 15 is 0 Å². The van der Waals surface area contributed by atoms with E-state index < -0.39 is 0 Å². The molecule has 2 atom stereocenters. The zero-order chi connectivity index (χ0) is 22.9. The van der Waals surface area contributed by atoms with Crippen LogP contribution in [0.5, 0.6) is 17.2 Å². The van der Waals surface area contributed by atoms with E-state index in [1.54, 1.807) is 21.3 Å². The molecule has 166 valence electrons. The number of anilines is 1. The first-order valence-electron chi connectivity index (χ1n) is 10.8. The molecule has 5 nitrogen and oxygen atoms in total. The third-order valence-electron chi connectivity index (χ3n) is 6.30. The van der Waals surface area contributed by atoms with Crippen molar-refractivity contribution >= 4 is 22.4 Å². The number of benzene rings is 4. The molecule has 0 aliphatic carbocycles. The summed E-state index contributed by atoms with van der Waals surface area (Å²) in [5.74, 6) is 1.29. The second-order valence-electron chi connectivity index (χ2n) is 8.03. The highest BCUT2D eigenvalue weighted by Gasteiger charge is 2.50. The summed E-state index contributed by atoms with van der Waals surface area (Å²) in [6.45, 7) is 0. The van der Waals surface area contributed by atoms with Crippen LogP contribution in [-0.2, 0) is 4.79 Å². The quantitative estimate of drug-likeness (QED) is 0.360. The van der Waals surface area contributed by atoms with Crippen molar-refractivity contribution in [3.05, 3.63) is 96.1 Å². The number of β-lactam (4-membered cyclic amide) rings is 1. The zero-order valence-corrected chi connectivity index (χ0v) is 18.8. The van der Waals surface area contributed by atoms with Gasteiger partial charge >= 0.3 is 0 Å². The number of methoxy groups -OCH3 is 3. The van der Waals surface area contributed by atoms with Crippen LogP contribution in [0.15, 0.2) is 84.9 Å². The normalized spacial score (nSPS) is 17.5. The van der Waals surface area contributed by atoms with E-state index in [1.807, 2.05) is 59.5 Å². The summed E-state index contributed by atoms with van der Waals surface area (Å²) in [5.41, 5.74) is 2.79. The van der Waals surface area contributed by atoms with Crippen molar-refractivity contribution in [3.8, 4) is 17.2 Å². The lowest BCUT2D eigenvalue weighted by molar-refractivity contribution is -0.126. The summed E-state index contributed by atoms with van der Waals surface area (Å²) < 4.78 is 16.5. The van der Waals surface area contributed by atoms with Gasteiger partial charge in [-0.3, -0.25) is 4.79 Å². The van der Waals surface area contributed by atoms with Gasteiger partial charge < -0.3 is 19.1 Å². The van der Waals surface area contributed by atoms with Gasteiger partial charge in [0.05, 0.1) is 39.0 Å². The van der Waals surface area contributed by atoms with E-state index in [2.05, 4.69) is 30.3 Å². The van der Waals surface area contributed by atoms with E-state index in [1.165, 1.54) is 5.39 Å². The molecule has 5 heteroatoms. The van der Waals surface area contributed by atoms with Crippen LogP contribution in [-0.4, -0.2) is 27.2 Å². The summed E-state index contributed by atoms with van der Waals surface area (Å²) in [4.78, 5) is 15.4. The molecule has 0 aromatic heterocycles. The number of fused-ring (bicyclic) bond motifs is 1. The van der Waals surface area contributed by atoms with Crippen molar-refractivity contribution in [1.29, 1.82) is 0 Å². The van der Waals surface area contributed by atoms with Gasteiger partial charge in [0.15, 0.2) is 11.5 Å². The molecule has 0 N–H and O–H groups in total. The van der Waals surface area contributed by atoms with Gasteiger partial charge in [0.25, 0.3) is 0 Å². The molecule has 1 heterocycles. The predicted molar refractivity (Wildman–Crippen MR) is 129 cm³/mol. The average Bonchev–Trinajstić information content (AvgIpc) is 2.86. The van der Waals surface area contributed by atoms with Gasteiger partial charge in [0, 0.05) is 12.1 Å². The maximum absolute atomic E-state index is 13.6. The first kappa shape index (κ1) is 20.9. The highest BCUT2D eigenvalue weighted by molar-refractivity contribution is 6.07. The van der Waals surface area contributed by atoms with Crippen molar-refractivity contribution in [3.63, 3.8) is 0 Å². The zero-order valence-electron chi connectivity index (χ0n) is 18.8. The Bertz CT molecular complexity index is 1290. The topological polar surface area (TPSA) is 48.0 Å². The molecule has 1 saturated heterocycles. The molecule has 1 aliphatic heterocycles. The van der Waals surface area contributed by atoms with E-state index in [0.29, 0.717) is 22.9 Å². The first-order valence-corrected chi connectivity index (χ1v) is 10.8. The first-order chi connectivity index (χ1) is 16.2. The highest BCUT2D eigenvalue weighted by Crippen LogP contribution is 2.52. The van der Waals surface area contributed by atoms with Gasteiger partial charge in [-0.15, -0.1) is 0 Å². The van der Waals surface area contributed by atoms with Crippen LogP contribution >= 0.6 is 0 Å². The Morgan fingerprint density at radius 1 is 0.667 bits per heavy atom. The Balaban J connectivity index is 1.65.